The summed E-state index contributed by atoms with van der Waals surface area (Å²) < 4.78 is 67.7. The lowest BCUT2D eigenvalue weighted by atomic mass is 9.91. The van der Waals surface area contributed by atoms with Gasteiger partial charge in [-0.25, -0.2) is 0 Å². The summed E-state index contributed by atoms with van der Waals surface area (Å²) in [4.78, 5) is 0. The van der Waals surface area contributed by atoms with E-state index in [2.05, 4.69) is 4.18 Å². The third-order valence-corrected chi connectivity index (χ3v) is 5.80. The van der Waals surface area contributed by atoms with Crippen LogP contribution in [-0.4, -0.2) is 13.9 Å². The zero-order chi connectivity index (χ0) is 22.8. The average molecular weight is 454 g/mol. The molecule has 162 valence electrons. The fourth-order valence-electron chi connectivity index (χ4n) is 3.40. The second-order valence-corrected chi connectivity index (χ2v) is 8.52. The predicted octanol–water partition coefficient (Wildman–Crippen LogP) is 6.66. The Bertz CT molecular complexity index is 1380. The summed E-state index contributed by atoms with van der Waals surface area (Å²) >= 11 is 0. The van der Waals surface area contributed by atoms with Gasteiger partial charge in [0, 0.05) is 5.56 Å². The Kier molecular flexibility index (Phi) is 5.76. The molecule has 0 aliphatic carbocycles. The lowest BCUT2D eigenvalue weighted by molar-refractivity contribution is -0.0500. The van der Waals surface area contributed by atoms with Gasteiger partial charge in [-0.3, -0.25) is 0 Å². The Hall–Kier alpha value is -3.58. The molecular formula is C25H17F3O3S. The minimum atomic E-state index is -5.86. The highest BCUT2D eigenvalue weighted by atomic mass is 32.2. The number of alkyl halides is 3. The molecule has 4 aromatic carbocycles. The van der Waals surface area contributed by atoms with Crippen LogP contribution in [0.3, 0.4) is 0 Å². The van der Waals surface area contributed by atoms with Crippen molar-refractivity contribution in [2.24, 2.45) is 0 Å². The van der Waals surface area contributed by atoms with Crippen LogP contribution in [0.15, 0.2) is 97.1 Å². The fraction of sp³-hybridized carbons (Fsp3) is 0.0400. The highest BCUT2D eigenvalue weighted by molar-refractivity contribution is 7.88. The number of benzene rings is 4. The topological polar surface area (TPSA) is 43.4 Å². The molecule has 0 aromatic heterocycles. The minimum Gasteiger partial charge on any atom is -0.375 e. The molecule has 0 amide bonds. The third kappa shape index (κ3) is 4.38. The van der Waals surface area contributed by atoms with Crippen molar-refractivity contribution in [1.82, 2.24) is 0 Å². The zero-order valence-corrected chi connectivity index (χ0v) is 17.4. The van der Waals surface area contributed by atoms with Crippen LogP contribution in [0.4, 0.5) is 13.2 Å². The van der Waals surface area contributed by atoms with E-state index in [1.165, 1.54) is 12.1 Å². The van der Waals surface area contributed by atoms with E-state index >= 15 is 0 Å². The van der Waals surface area contributed by atoms with E-state index in [1.807, 2.05) is 36.4 Å². The van der Waals surface area contributed by atoms with Crippen molar-refractivity contribution in [3.8, 4) is 5.75 Å². The van der Waals surface area contributed by atoms with Crippen LogP contribution in [-0.2, 0) is 10.1 Å². The van der Waals surface area contributed by atoms with E-state index in [0.29, 0.717) is 16.5 Å². The van der Waals surface area contributed by atoms with Gasteiger partial charge in [-0.2, -0.15) is 21.6 Å². The molecule has 7 heteroatoms. The van der Waals surface area contributed by atoms with Crippen LogP contribution in [0, 0.1) is 0 Å². The van der Waals surface area contributed by atoms with Crippen LogP contribution < -0.4 is 4.18 Å². The van der Waals surface area contributed by atoms with Crippen molar-refractivity contribution in [3.05, 3.63) is 114 Å². The number of rotatable bonds is 5. The van der Waals surface area contributed by atoms with Gasteiger partial charge < -0.3 is 4.18 Å². The Morgan fingerprint density at radius 1 is 0.750 bits per heavy atom. The van der Waals surface area contributed by atoms with Gasteiger partial charge in [0.05, 0.1) is 0 Å². The summed E-state index contributed by atoms with van der Waals surface area (Å²) in [6.07, 6.45) is 1.80. The molecule has 32 heavy (non-hydrogen) atoms. The van der Waals surface area contributed by atoms with Gasteiger partial charge in [0.15, 0.2) is 5.75 Å². The first-order chi connectivity index (χ1) is 15.3. The molecule has 0 bridgehead atoms. The van der Waals surface area contributed by atoms with Crippen LogP contribution >= 0.6 is 0 Å². The summed E-state index contributed by atoms with van der Waals surface area (Å²) in [7, 11) is -5.86. The number of hydrogen-bond donors (Lipinski definition) is 0. The molecule has 0 unspecified atom stereocenters. The quantitative estimate of drug-likeness (QED) is 0.192. The first-order valence-corrected chi connectivity index (χ1v) is 11.0. The largest absolute Gasteiger partial charge is 0.534 e. The molecule has 4 aromatic rings. The second-order valence-electron chi connectivity index (χ2n) is 6.98. The van der Waals surface area contributed by atoms with E-state index in [0.717, 1.165) is 10.9 Å². The Morgan fingerprint density at radius 3 is 2.00 bits per heavy atom. The van der Waals surface area contributed by atoms with Crippen molar-refractivity contribution in [2.45, 2.75) is 5.51 Å². The molecule has 0 heterocycles. The molecule has 0 spiro atoms. The number of fused-ring (bicyclic) bond motifs is 1. The molecule has 3 nitrogen and oxygen atoms in total. The lowest BCUT2D eigenvalue weighted by Gasteiger charge is -2.18. The summed E-state index contributed by atoms with van der Waals surface area (Å²) in [5.74, 6) is -0.396. The second kappa shape index (κ2) is 8.51. The van der Waals surface area contributed by atoms with Crippen LogP contribution in [0.5, 0.6) is 5.75 Å². The number of halogens is 3. The van der Waals surface area contributed by atoms with Crippen LogP contribution in [0.1, 0.15) is 16.7 Å². The molecule has 0 saturated heterocycles. The monoisotopic (exact) mass is 454 g/mol. The normalized spacial score (nSPS) is 12.7. The third-order valence-electron chi connectivity index (χ3n) is 4.84. The van der Waals surface area contributed by atoms with Gasteiger partial charge in [-0.15, -0.1) is 0 Å². The van der Waals surface area contributed by atoms with Crippen molar-refractivity contribution >= 4 is 32.5 Å². The van der Waals surface area contributed by atoms with Gasteiger partial charge in [0.2, 0.25) is 0 Å². The minimum absolute atomic E-state index is 0.256. The number of hydrogen-bond acceptors (Lipinski definition) is 3. The molecule has 0 atom stereocenters. The molecular weight excluding hydrogens is 437 g/mol. The SMILES string of the molecule is O=S(=O)(Oc1ccc2ccccc2c1/C(=C\c1ccccc1)c1ccccc1)C(F)(F)F. The first kappa shape index (κ1) is 21.6. The molecule has 0 N–H and O–H groups in total. The molecule has 4 rings (SSSR count). The van der Waals surface area contributed by atoms with Gasteiger partial charge in [0.25, 0.3) is 0 Å². The predicted molar refractivity (Wildman–Crippen MR) is 119 cm³/mol. The molecule has 0 fully saturated rings. The van der Waals surface area contributed by atoms with Crippen molar-refractivity contribution < 1.29 is 25.8 Å². The van der Waals surface area contributed by atoms with Gasteiger partial charge in [0.1, 0.15) is 0 Å². The maximum absolute atomic E-state index is 13.1. The maximum atomic E-state index is 13.1. The molecule has 0 saturated carbocycles. The van der Waals surface area contributed by atoms with E-state index in [-0.39, 0.29) is 5.56 Å². The van der Waals surface area contributed by atoms with Crippen LogP contribution in [0.2, 0.25) is 0 Å². The van der Waals surface area contributed by atoms with Crippen molar-refractivity contribution in [2.75, 3.05) is 0 Å². The van der Waals surface area contributed by atoms with E-state index in [9.17, 15) is 21.6 Å². The Labute approximate surface area is 183 Å². The average Bonchev–Trinajstić information content (AvgIpc) is 2.78. The fourth-order valence-corrected chi connectivity index (χ4v) is 3.87. The summed E-state index contributed by atoms with van der Waals surface area (Å²) in [6.45, 7) is 0. The van der Waals surface area contributed by atoms with Crippen LogP contribution in [0.25, 0.3) is 22.4 Å². The van der Waals surface area contributed by atoms with Crippen molar-refractivity contribution in [1.29, 1.82) is 0 Å². The molecule has 0 aliphatic rings. The molecule has 0 radical (unpaired) electrons. The maximum Gasteiger partial charge on any atom is 0.534 e. The van der Waals surface area contributed by atoms with Gasteiger partial charge >= 0.3 is 15.6 Å². The Balaban J connectivity index is 2.04. The molecule has 0 aliphatic heterocycles. The first-order valence-electron chi connectivity index (χ1n) is 9.61. The van der Waals surface area contributed by atoms with E-state index < -0.39 is 21.4 Å². The van der Waals surface area contributed by atoms with E-state index in [1.54, 1.807) is 54.6 Å². The summed E-state index contributed by atoms with van der Waals surface area (Å²) in [5, 5.41) is 1.29. The van der Waals surface area contributed by atoms with Crippen molar-refractivity contribution in [3.63, 3.8) is 0 Å². The highest BCUT2D eigenvalue weighted by Crippen LogP contribution is 2.40. The summed E-state index contributed by atoms with van der Waals surface area (Å²) in [6, 6.07) is 28.1. The van der Waals surface area contributed by atoms with Gasteiger partial charge in [-0.05, 0) is 39.6 Å². The smallest absolute Gasteiger partial charge is 0.375 e. The standard InChI is InChI=1S/C25H17F3O3S/c26-25(27,28)32(29,30)31-23-16-15-20-13-7-8-14-21(20)24(23)22(19-11-5-2-6-12-19)17-18-9-3-1-4-10-18/h1-17H/b22-17-. The van der Waals surface area contributed by atoms with Gasteiger partial charge in [-0.1, -0.05) is 91.0 Å². The Morgan fingerprint density at radius 2 is 1.34 bits per heavy atom. The lowest BCUT2D eigenvalue weighted by Crippen LogP contribution is -2.28. The van der Waals surface area contributed by atoms with E-state index in [4.69, 9.17) is 0 Å². The summed E-state index contributed by atoms with van der Waals surface area (Å²) in [5.41, 5.74) is -3.27. The highest BCUT2D eigenvalue weighted by Gasteiger charge is 2.49. The zero-order valence-electron chi connectivity index (χ0n) is 16.6.